The van der Waals surface area contributed by atoms with Crippen LogP contribution in [0.4, 0.5) is 5.13 Å². The Morgan fingerprint density at radius 1 is 1.24 bits per heavy atom. The third kappa shape index (κ3) is 4.36. The summed E-state index contributed by atoms with van der Waals surface area (Å²) >= 11 is 3.19. The Hall–Kier alpha value is -1.54. The van der Waals surface area contributed by atoms with Gasteiger partial charge in [0.25, 0.3) is 5.91 Å². The number of fused-ring (bicyclic) bond motifs is 1. The average molecular weight is 398 g/mol. The number of thiazole rings is 1. The predicted molar refractivity (Wildman–Crippen MR) is 108 cm³/mol. The van der Waals surface area contributed by atoms with Crippen LogP contribution in [0.2, 0.25) is 0 Å². The zero-order chi connectivity index (χ0) is 17.1. The van der Waals surface area contributed by atoms with Gasteiger partial charge in [-0.05, 0) is 44.6 Å². The van der Waals surface area contributed by atoms with Crippen LogP contribution in [0.25, 0.3) is 10.2 Å². The molecular weight excluding hydrogens is 378 g/mol. The summed E-state index contributed by atoms with van der Waals surface area (Å²) in [6, 6.07) is 9.52. The number of likely N-dealkylation sites (N-methyl/N-ethyl adjacent to an activating group) is 1. The fraction of sp³-hybridized carbons (Fsp3) is 0.294. The molecule has 1 amide bonds. The molecule has 0 N–H and O–H groups in total. The summed E-state index contributed by atoms with van der Waals surface area (Å²) in [5.74, 6) is 0.171. The van der Waals surface area contributed by atoms with E-state index < -0.39 is 0 Å². The van der Waals surface area contributed by atoms with Crippen LogP contribution in [0.15, 0.2) is 45.9 Å². The second-order valence-electron chi connectivity index (χ2n) is 5.54. The number of nitrogens with zero attached hydrogens (tertiary/aromatic N) is 3. The number of hydrogen-bond donors (Lipinski definition) is 0. The first-order chi connectivity index (χ1) is 11.6. The third-order valence-corrected chi connectivity index (χ3v) is 5.38. The maximum atomic E-state index is 12.8. The monoisotopic (exact) mass is 397 g/mol. The van der Waals surface area contributed by atoms with E-state index in [4.69, 9.17) is 9.40 Å². The van der Waals surface area contributed by atoms with Gasteiger partial charge < -0.3 is 9.32 Å². The molecule has 0 bridgehead atoms. The number of rotatable bonds is 6. The van der Waals surface area contributed by atoms with E-state index in [9.17, 15) is 4.79 Å². The van der Waals surface area contributed by atoms with Crippen molar-refractivity contribution >= 4 is 56.8 Å². The quantitative estimate of drug-likeness (QED) is 0.582. The molecule has 0 aliphatic heterocycles. The van der Waals surface area contributed by atoms with Crippen LogP contribution in [0.3, 0.4) is 0 Å². The Bertz CT molecular complexity index is 834. The van der Waals surface area contributed by atoms with Gasteiger partial charge in [0.15, 0.2) is 10.9 Å². The molecule has 0 unspecified atom stereocenters. The Balaban J connectivity index is 0.00000225. The molecule has 8 heteroatoms. The van der Waals surface area contributed by atoms with Crippen LogP contribution < -0.4 is 4.90 Å². The van der Waals surface area contributed by atoms with Crippen molar-refractivity contribution in [2.75, 3.05) is 38.3 Å². The van der Waals surface area contributed by atoms with Crippen molar-refractivity contribution in [1.82, 2.24) is 9.88 Å². The van der Waals surface area contributed by atoms with Gasteiger partial charge >= 0.3 is 0 Å². The molecule has 0 aliphatic carbocycles. The van der Waals surface area contributed by atoms with Gasteiger partial charge in [-0.3, -0.25) is 9.69 Å². The highest BCUT2D eigenvalue weighted by atomic mass is 35.5. The second kappa shape index (κ2) is 8.71. The highest BCUT2D eigenvalue weighted by molar-refractivity contribution is 7.98. The largest absolute Gasteiger partial charge is 0.459 e. The molecule has 0 saturated carbocycles. The summed E-state index contributed by atoms with van der Waals surface area (Å²) in [6.07, 6.45) is 3.55. The van der Waals surface area contributed by atoms with Gasteiger partial charge in [0, 0.05) is 18.0 Å². The highest BCUT2D eigenvalue weighted by Gasteiger charge is 2.23. The van der Waals surface area contributed by atoms with Crippen molar-refractivity contribution in [1.29, 1.82) is 0 Å². The SMILES string of the molecule is CSc1cccc2sc(N(CCN(C)C)C(=O)c3ccco3)nc12.Cl. The van der Waals surface area contributed by atoms with Crippen LogP contribution in [0, 0.1) is 0 Å². The molecule has 1 aromatic carbocycles. The van der Waals surface area contributed by atoms with Gasteiger partial charge in [-0.1, -0.05) is 17.4 Å². The van der Waals surface area contributed by atoms with E-state index in [0.29, 0.717) is 17.4 Å². The number of halogens is 1. The number of para-hydroxylation sites is 1. The van der Waals surface area contributed by atoms with Crippen molar-refractivity contribution in [2.45, 2.75) is 4.90 Å². The van der Waals surface area contributed by atoms with E-state index >= 15 is 0 Å². The molecule has 0 spiro atoms. The Morgan fingerprint density at radius 3 is 2.68 bits per heavy atom. The summed E-state index contributed by atoms with van der Waals surface area (Å²) in [5.41, 5.74) is 0.951. The zero-order valence-corrected chi connectivity index (χ0v) is 16.7. The molecule has 2 aromatic heterocycles. The van der Waals surface area contributed by atoms with Crippen molar-refractivity contribution in [3.63, 3.8) is 0 Å². The van der Waals surface area contributed by atoms with Crippen molar-refractivity contribution in [3.8, 4) is 0 Å². The average Bonchev–Trinajstić information content (AvgIpc) is 3.23. The number of carbonyl (C=O) groups is 1. The predicted octanol–water partition coefficient (Wildman–Crippen LogP) is 4.24. The van der Waals surface area contributed by atoms with Crippen molar-refractivity contribution in [3.05, 3.63) is 42.4 Å². The zero-order valence-electron chi connectivity index (χ0n) is 14.3. The molecule has 3 rings (SSSR count). The molecule has 134 valence electrons. The number of anilines is 1. The van der Waals surface area contributed by atoms with Gasteiger partial charge in [0.2, 0.25) is 0 Å². The molecule has 5 nitrogen and oxygen atoms in total. The fourth-order valence-corrected chi connectivity index (χ4v) is 3.95. The van der Waals surface area contributed by atoms with Crippen molar-refractivity contribution in [2.24, 2.45) is 0 Å². The second-order valence-corrected chi connectivity index (χ2v) is 7.40. The number of benzene rings is 1. The van der Waals surface area contributed by atoms with Crippen LogP contribution in [0.1, 0.15) is 10.6 Å². The van der Waals surface area contributed by atoms with Gasteiger partial charge in [0.1, 0.15) is 0 Å². The van der Waals surface area contributed by atoms with E-state index in [1.54, 1.807) is 28.8 Å². The molecule has 0 fully saturated rings. The lowest BCUT2D eigenvalue weighted by Gasteiger charge is -2.20. The van der Waals surface area contributed by atoms with E-state index in [0.717, 1.165) is 21.7 Å². The lowest BCUT2D eigenvalue weighted by atomic mass is 10.3. The van der Waals surface area contributed by atoms with Crippen LogP contribution >= 0.6 is 35.5 Å². The summed E-state index contributed by atoms with van der Waals surface area (Å²) in [7, 11) is 3.97. The minimum atomic E-state index is -0.161. The minimum Gasteiger partial charge on any atom is -0.459 e. The first-order valence-electron chi connectivity index (χ1n) is 7.54. The van der Waals surface area contributed by atoms with Gasteiger partial charge in [-0.25, -0.2) is 4.98 Å². The van der Waals surface area contributed by atoms with Crippen LogP contribution in [0.5, 0.6) is 0 Å². The normalized spacial score (nSPS) is 10.9. The number of furan rings is 1. The third-order valence-electron chi connectivity index (χ3n) is 3.57. The molecule has 0 aliphatic rings. The summed E-state index contributed by atoms with van der Waals surface area (Å²) in [5, 5.41) is 0.703. The van der Waals surface area contributed by atoms with Crippen LogP contribution in [-0.4, -0.2) is 49.2 Å². The summed E-state index contributed by atoms with van der Waals surface area (Å²) < 4.78 is 6.37. The molecule has 0 saturated heterocycles. The first-order valence-corrected chi connectivity index (χ1v) is 9.58. The molecule has 0 radical (unpaired) electrons. The number of thioether (sulfide) groups is 1. The topological polar surface area (TPSA) is 49.6 Å². The Labute approximate surface area is 161 Å². The van der Waals surface area contributed by atoms with Gasteiger partial charge in [-0.2, -0.15) is 0 Å². The molecule has 3 aromatic rings. The molecule has 25 heavy (non-hydrogen) atoms. The van der Waals surface area contributed by atoms with Gasteiger partial charge in [0.05, 0.1) is 16.5 Å². The van der Waals surface area contributed by atoms with E-state index in [1.165, 1.54) is 17.6 Å². The maximum Gasteiger partial charge on any atom is 0.295 e. The molecule has 0 atom stereocenters. The number of hydrogen-bond acceptors (Lipinski definition) is 6. The smallest absolute Gasteiger partial charge is 0.295 e. The van der Waals surface area contributed by atoms with Gasteiger partial charge in [-0.15, -0.1) is 24.2 Å². The van der Waals surface area contributed by atoms with Crippen molar-refractivity contribution < 1.29 is 9.21 Å². The standard InChI is InChI=1S/C17H19N3O2S2.ClH/c1-19(2)9-10-20(16(21)12-6-5-11-22-12)17-18-15-13(23-3)7-4-8-14(15)24-17;/h4-8,11H,9-10H2,1-3H3;1H. The summed E-state index contributed by atoms with van der Waals surface area (Å²) in [6.45, 7) is 1.30. The number of carbonyl (C=O) groups excluding carboxylic acids is 1. The number of aromatic nitrogens is 1. The number of amides is 1. The maximum absolute atomic E-state index is 12.8. The van der Waals surface area contributed by atoms with Crippen LogP contribution in [-0.2, 0) is 0 Å². The van der Waals surface area contributed by atoms with E-state index in [1.807, 2.05) is 37.4 Å². The first kappa shape index (κ1) is 19.8. The lowest BCUT2D eigenvalue weighted by molar-refractivity contribution is 0.0958. The summed E-state index contributed by atoms with van der Waals surface area (Å²) in [4.78, 5) is 22.4. The molecular formula is C17H20ClN3O2S2. The minimum absolute atomic E-state index is 0. The highest BCUT2D eigenvalue weighted by Crippen LogP contribution is 2.34. The molecule has 2 heterocycles. The lowest BCUT2D eigenvalue weighted by Crippen LogP contribution is -2.36. The van der Waals surface area contributed by atoms with E-state index in [-0.39, 0.29) is 18.3 Å². The Morgan fingerprint density at radius 2 is 2.04 bits per heavy atom. The Kier molecular flexibility index (Phi) is 6.89. The fourth-order valence-electron chi connectivity index (χ4n) is 2.31. The van der Waals surface area contributed by atoms with E-state index in [2.05, 4.69) is 6.07 Å².